The normalized spacial score (nSPS) is 47.6. The van der Waals surface area contributed by atoms with Crippen LogP contribution in [-0.4, -0.2) is 22.0 Å². The van der Waals surface area contributed by atoms with E-state index in [1.807, 2.05) is 0 Å². The van der Waals surface area contributed by atoms with E-state index in [0.717, 1.165) is 56.6 Å². The summed E-state index contributed by atoms with van der Waals surface area (Å²) in [5, 5.41) is 22.2. The molecule has 6 atom stereocenters. The van der Waals surface area contributed by atoms with Crippen LogP contribution >= 0.6 is 0 Å². The van der Waals surface area contributed by atoms with E-state index in [4.69, 9.17) is 5.11 Å². The van der Waals surface area contributed by atoms with Crippen molar-refractivity contribution in [3.8, 4) is 0 Å². The molecule has 0 aliphatic heterocycles. The maximum atomic E-state index is 11.1. The molecule has 4 heteroatoms. The molecule has 3 saturated carbocycles. The molecule has 0 spiro atoms. The first-order valence-corrected chi connectivity index (χ1v) is 10.0. The van der Waals surface area contributed by atoms with Crippen LogP contribution in [0.25, 0.3) is 0 Å². The van der Waals surface area contributed by atoms with Crippen molar-refractivity contribution in [1.82, 2.24) is 0 Å². The smallest absolute Gasteiger partial charge is 0.303 e. The first-order valence-electron chi connectivity index (χ1n) is 10.0. The third-order valence-corrected chi connectivity index (χ3v) is 8.53. The van der Waals surface area contributed by atoms with E-state index in [1.54, 1.807) is 5.57 Å². The van der Waals surface area contributed by atoms with Crippen LogP contribution in [-0.2, 0) is 4.79 Å². The minimum atomic E-state index is -0.655. The zero-order valence-electron chi connectivity index (χ0n) is 15.5. The minimum Gasteiger partial charge on any atom is -0.481 e. The fraction of sp³-hybridized carbons (Fsp3) is 0.810. The van der Waals surface area contributed by atoms with Gasteiger partial charge in [-0.2, -0.15) is 0 Å². The Kier molecular flexibility index (Phi) is 4.01. The van der Waals surface area contributed by atoms with Gasteiger partial charge in [0.05, 0.1) is 5.71 Å². The quantitative estimate of drug-likeness (QED) is 0.426. The molecule has 0 aromatic heterocycles. The van der Waals surface area contributed by atoms with Crippen molar-refractivity contribution < 1.29 is 15.1 Å². The van der Waals surface area contributed by atoms with Gasteiger partial charge in [-0.25, -0.2) is 0 Å². The number of allylic oxidation sites excluding steroid dienone is 2. The highest BCUT2D eigenvalue weighted by Crippen LogP contribution is 2.64. The van der Waals surface area contributed by atoms with E-state index in [0.29, 0.717) is 24.2 Å². The Labute approximate surface area is 150 Å². The van der Waals surface area contributed by atoms with Gasteiger partial charge in [0.15, 0.2) is 0 Å². The Morgan fingerprint density at radius 2 is 1.92 bits per heavy atom. The zero-order valence-corrected chi connectivity index (χ0v) is 15.5. The van der Waals surface area contributed by atoms with E-state index in [9.17, 15) is 10.0 Å². The van der Waals surface area contributed by atoms with Gasteiger partial charge in [0.25, 0.3) is 0 Å². The topological polar surface area (TPSA) is 69.9 Å². The third-order valence-electron chi connectivity index (χ3n) is 8.53. The highest BCUT2D eigenvalue weighted by Gasteiger charge is 2.58. The van der Waals surface area contributed by atoms with Gasteiger partial charge in [0, 0.05) is 11.8 Å². The lowest BCUT2D eigenvalue weighted by Crippen LogP contribution is -2.50. The summed E-state index contributed by atoms with van der Waals surface area (Å²) in [6, 6.07) is 0. The minimum absolute atomic E-state index is 0.0954. The number of aliphatic carboxylic acids is 1. The maximum absolute atomic E-state index is 11.1. The van der Waals surface area contributed by atoms with Gasteiger partial charge in [0.1, 0.15) is 0 Å². The highest BCUT2D eigenvalue weighted by atomic mass is 16.4. The number of carbonyl (C=O) groups is 1. The van der Waals surface area contributed by atoms with Crippen LogP contribution in [0.2, 0.25) is 0 Å². The molecule has 4 nitrogen and oxygen atoms in total. The molecule has 0 bridgehead atoms. The summed E-state index contributed by atoms with van der Waals surface area (Å²) in [5.74, 6) is 1.72. The van der Waals surface area contributed by atoms with Crippen molar-refractivity contribution in [2.45, 2.75) is 71.6 Å². The second-order valence-corrected chi connectivity index (χ2v) is 9.51. The van der Waals surface area contributed by atoms with Crippen LogP contribution in [0.5, 0.6) is 0 Å². The molecule has 0 aromatic carbocycles. The van der Waals surface area contributed by atoms with Crippen molar-refractivity contribution in [2.24, 2.45) is 39.7 Å². The Balaban J connectivity index is 1.60. The maximum Gasteiger partial charge on any atom is 0.303 e. The molecule has 3 fully saturated rings. The second-order valence-electron chi connectivity index (χ2n) is 9.51. The summed E-state index contributed by atoms with van der Waals surface area (Å²) < 4.78 is 0. The van der Waals surface area contributed by atoms with E-state index in [-0.39, 0.29) is 10.8 Å². The van der Waals surface area contributed by atoms with E-state index in [1.165, 1.54) is 6.42 Å². The van der Waals surface area contributed by atoms with Crippen LogP contribution < -0.4 is 0 Å². The molecule has 0 aromatic rings. The Morgan fingerprint density at radius 3 is 2.64 bits per heavy atom. The summed E-state index contributed by atoms with van der Waals surface area (Å²) in [6.45, 7) is 4.77. The Hall–Kier alpha value is -1.32. The molecule has 2 N–H and O–H groups in total. The van der Waals surface area contributed by atoms with Crippen LogP contribution in [0.3, 0.4) is 0 Å². The predicted molar refractivity (Wildman–Crippen MR) is 96.7 cm³/mol. The van der Waals surface area contributed by atoms with Crippen molar-refractivity contribution in [2.75, 3.05) is 0 Å². The van der Waals surface area contributed by atoms with Gasteiger partial charge in [-0.05, 0) is 80.5 Å². The average molecular weight is 345 g/mol. The summed E-state index contributed by atoms with van der Waals surface area (Å²) in [6.07, 6.45) is 11.6. The first-order chi connectivity index (χ1) is 11.9. The van der Waals surface area contributed by atoms with Crippen LogP contribution in [0.1, 0.15) is 71.6 Å². The molecule has 25 heavy (non-hydrogen) atoms. The van der Waals surface area contributed by atoms with Gasteiger partial charge >= 0.3 is 5.97 Å². The molecule has 138 valence electrons. The van der Waals surface area contributed by atoms with Crippen molar-refractivity contribution in [3.05, 3.63) is 11.6 Å². The van der Waals surface area contributed by atoms with Gasteiger partial charge < -0.3 is 10.3 Å². The van der Waals surface area contributed by atoms with Gasteiger partial charge in [-0.15, -0.1) is 0 Å². The third kappa shape index (κ3) is 2.47. The lowest BCUT2D eigenvalue weighted by atomic mass is 9.47. The largest absolute Gasteiger partial charge is 0.481 e. The van der Waals surface area contributed by atoms with Crippen molar-refractivity contribution in [1.29, 1.82) is 0 Å². The number of fused-ring (bicyclic) bond motifs is 5. The van der Waals surface area contributed by atoms with Crippen molar-refractivity contribution >= 4 is 11.7 Å². The molecule has 0 amide bonds. The monoisotopic (exact) mass is 345 g/mol. The molecule has 4 aliphatic rings. The SMILES string of the molecule is C[C@]12CC[C@H](CC(=O)O)CC1=CC[C@@H]1[C@@H]2CC[C@]2(C)/C(=N\O)CC[C@@H]12. The summed E-state index contributed by atoms with van der Waals surface area (Å²) in [7, 11) is 0. The highest BCUT2D eigenvalue weighted by molar-refractivity contribution is 5.92. The van der Waals surface area contributed by atoms with E-state index < -0.39 is 5.97 Å². The summed E-state index contributed by atoms with van der Waals surface area (Å²) in [5.41, 5.74) is 2.93. The number of carboxylic acid groups (broad SMARTS) is 1. The fourth-order valence-electron chi connectivity index (χ4n) is 7.11. The Bertz CT molecular complexity index is 639. The summed E-state index contributed by atoms with van der Waals surface area (Å²) >= 11 is 0. The second kappa shape index (κ2) is 5.85. The number of nitrogens with zero attached hydrogens (tertiary/aromatic N) is 1. The van der Waals surface area contributed by atoms with Crippen LogP contribution in [0, 0.1) is 34.5 Å². The number of hydrogen-bond acceptors (Lipinski definition) is 3. The van der Waals surface area contributed by atoms with E-state index >= 15 is 0 Å². The lowest BCUT2D eigenvalue weighted by molar-refractivity contribution is -0.138. The molecular formula is C21H31NO3. The number of rotatable bonds is 2. The lowest BCUT2D eigenvalue weighted by Gasteiger charge is -2.57. The number of oxime groups is 1. The molecule has 4 rings (SSSR count). The standard InChI is InChI=1S/C21H31NO3/c1-20-9-7-13(12-19(23)24)11-14(20)3-4-15-16-5-6-18(22-25)21(16,2)10-8-17(15)20/h3,13,15-17,25H,4-12H2,1-2H3,(H,23,24)/b22-18-/t13-,15-,16-,17-,20-,21-/m0/s1. The first kappa shape index (κ1) is 17.1. The van der Waals surface area contributed by atoms with Gasteiger partial charge in [-0.3, -0.25) is 4.79 Å². The van der Waals surface area contributed by atoms with Crippen molar-refractivity contribution in [3.63, 3.8) is 0 Å². The Morgan fingerprint density at radius 1 is 1.20 bits per heavy atom. The van der Waals surface area contributed by atoms with Gasteiger partial charge in [0.2, 0.25) is 0 Å². The number of carboxylic acids is 1. The van der Waals surface area contributed by atoms with Gasteiger partial charge in [-0.1, -0.05) is 30.7 Å². The van der Waals surface area contributed by atoms with E-state index in [2.05, 4.69) is 25.1 Å². The molecule has 0 unspecified atom stereocenters. The molecule has 0 heterocycles. The molecular weight excluding hydrogens is 314 g/mol. The molecule has 0 saturated heterocycles. The molecule has 4 aliphatic carbocycles. The summed E-state index contributed by atoms with van der Waals surface area (Å²) in [4.78, 5) is 11.1. The average Bonchev–Trinajstić information content (AvgIpc) is 2.91. The number of hydrogen-bond donors (Lipinski definition) is 2. The predicted octanol–water partition coefficient (Wildman–Crippen LogP) is 4.87. The van der Waals surface area contributed by atoms with Crippen LogP contribution in [0.15, 0.2) is 16.8 Å². The van der Waals surface area contributed by atoms with Crippen LogP contribution in [0.4, 0.5) is 0 Å². The zero-order chi connectivity index (χ0) is 17.8. The molecule has 0 radical (unpaired) electrons. The fourth-order valence-corrected chi connectivity index (χ4v) is 7.11.